The van der Waals surface area contributed by atoms with Crippen LogP contribution >= 0.6 is 0 Å². The topological polar surface area (TPSA) is 85.9 Å². The molecule has 0 aliphatic rings. The molecule has 0 fully saturated rings. The van der Waals surface area contributed by atoms with E-state index in [0.29, 0.717) is 11.5 Å². The number of ether oxygens (including phenoxy) is 2. The van der Waals surface area contributed by atoms with E-state index in [9.17, 15) is 4.79 Å². The molecule has 2 amide bonds. The molecule has 0 saturated heterocycles. The van der Waals surface area contributed by atoms with Crippen LogP contribution < -0.4 is 20.6 Å². The lowest BCUT2D eigenvalue weighted by Gasteiger charge is -2.10. The predicted molar refractivity (Wildman–Crippen MR) is 85.3 cm³/mol. The van der Waals surface area contributed by atoms with Crippen molar-refractivity contribution in [2.75, 3.05) is 14.2 Å². The molecule has 0 aromatic heterocycles. The lowest BCUT2D eigenvalue weighted by molar-refractivity contribution is 0.249. The van der Waals surface area contributed by atoms with Crippen molar-refractivity contribution in [1.29, 1.82) is 0 Å². The van der Waals surface area contributed by atoms with Gasteiger partial charge in [-0.25, -0.2) is 10.2 Å². The van der Waals surface area contributed by atoms with Crippen molar-refractivity contribution in [1.82, 2.24) is 5.43 Å². The van der Waals surface area contributed by atoms with E-state index < -0.39 is 6.03 Å². The van der Waals surface area contributed by atoms with Crippen LogP contribution in [0.15, 0.2) is 47.6 Å². The van der Waals surface area contributed by atoms with Gasteiger partial charge in [-0.2, -0.15) is 5.10 Å². The van der Waals surface area contributed by atoms with Crippen LogP contribution in [0.4, 0.5) is 4.79 Å². The summed E-state index contributed by atoms with van der Waals surface area (Å²) in [5, 5.41) is 3.74. The van der Waals surface area contributed by atoms with Gasteiger partial charge in [0.25, 0.3) is 0 Å². The molecule has 0 radical (unpaired) electrons. The molecule has 0 saturated carbocycles. The van der Waals surface area contributed by atoms with Crippen LogP contribution in [0.3, 0.4) is 0 Å². The molecule has 114 valence electrons. The van der Waals surface area contributed by atoms with Gasteiger partial charge in [0.15, 0.2) is 11.5 Å². The first kappa shape index (κ1) is 15.4. The van der Waals surface area contributed by atoms with E-state index in [2.05, 4.69) is 10.5 Å². The molecule has 0 heterocycles. The summed E-state index contributed by atoms with van der Waals surface area (Å²) >= 11 is 0. The van der Waals surface area contributed by atoms with Crippen molar-refractivity contribution in [2.45, 2.75) is 0 Å². The second kappa shape index (κ2) is 7.12. The van der Waals surface area contributed by atoms with Crippen LogP contribution in [0.1, 0.15) is 5.56 Å². The standard InChI is InChI=1S/C16H17N3O3/c1-21-14-7-6-13(9-15(14)22-2)12-5-3-4-11(8-12)10-18-19-16(17)20/h3-10H,1-2H3,(H3,17,19,20). The number of hydrogen-bond donors (Lipinski definition) is 2. The maximum Gasteiger partial charge on any atom is 0.332 e. The number of urea groups is 1. The number of amides is 2. The van der Waals surface area contributed by atoms with Crippen molar-refractivity contribution >= 4 is 12.2 Å². The van der Waals surface area contributed by atoms with Gasteiger partial charge < -0.3 is 15.2 Å². The molecule has 3 N–H and O–H groups in total. The zero-order valence-electron chi connectivity index (χ0n) is 12.4. The first-order chi connectivity index (χ1) is 10.6. The molecule has 2 aromatic rings. The largest absolute Gasteiger partial charge is 0.493 e. The van der Waals surface area contributed by atoms with Crippen molar-refractivity contribution < 1.29 is 14.3 Å². The van der Waals surface area contributed by atoms with E-state index in [4.69, 9.17) is 15.2 Å². The Balaban J connectivity index is 2.29. The third-order valence-corrected chi connectivity index (χ3v) is 2.99. The van der Waals surface area contributed by atoms with Crippen molar-refractivity contribution in [3.8, 4) is 22.6 Å². The van der Waals surface area contributed by atoms with Crippen molar-refractivity contribution in [3.05, 3.63) is 48.0 Å². The zero-order chi connectivity index (χ0) is 15.9. The summed E-state index contributed by atoms with van der Waals surface area (Å²) in [6.07, 6.45) is 1.52. The Morgan fingerprint density at radius 3 is 2.50 bits per heavy atom. The molecular formula is C16H17N3O3. The first-order valence-corrected chi connectivity index (χ1v) is 6.55. The molecule has 0 atom stereocenters. The summed E-state index contributed by atoms with van der Waals surface area (Å²) in [6.45, 7) is 0. The van der Waals surface area contributed by atoms with Crippen LogP contribution in [-0.4, -0.2) is 26.5 Å². The lowest BCUT2D eigenvalue weighted by atomic mass is 10.0. The fraction of sp³-hybridized carbons (Fsp3) is 0.125. The van der Waals surface area contributed by atoms with Crippen LogP contribution in [0.2, 0.25) is 0 Å². The fourth-order valence-corrected chi connectivity index (χ4v) is 1.98. The Morgan fingerprint density at radius 1 is 1.09 bits per heavy atom. The number of hydrazone groups is 1. The summed E-state index contributed by atoms with van der Waals surface area (Å²) in [4.78, 5) is 10.6. The van der Waals surface area contributed by atoms with Crippen LogP contribution in [0, 0.1) is 0 Å². The average molecular weight is 299 g/mol. The molecule has 2 rings (SSSR count). The van der Waals surface area contributed by atoms with Crippen molar-refractivity contribution in [2.24, 2.45) is 10.8 Å². The van der Waals surface area contributed by atoms with Gasteiger partial charge in [0, 0.05) is 0 Å². The summed E-state index contributed by atoms with van der Waals surface area (Å²) in [5.41, 5.74) is 9.91. The van der Waals surface area contributed by atoms with Crippen LogP contribution in [0.5, 0.6) is 11.5 Å². The van der Waals surface area contributed by atoms with E-state index >= 15 is 0 Å². The van der Waals surface area contributed by atoms with Gasteiger partial charge in [-0.1, -0.05) is 24.3 Å². The molecule has 0 aliphatic heterocycles. The van der Waals surface area contributed by atoms with E-state index in [0.717, 1.165) is 16.7 Å². The minimum absolute atomic E-state index is 0.662. The highest BCUT2D eigenvalue weighted by atomic mass is 16.5. The molecule has 0 bridgehead atoms. The van der Waals surface area contributed by atoms with Gasteiger partial charge in [-0.05, 0) is 34.9 Å². The minimum atomic E-state index is -0.702. The smallest absolute Gasteiger partial charge is 0.332 e. The van der Waals surface area contributed by atoms with Gasteiger partial charge in [-0.15, -0.1) is 0 Å². The summed E-state index contributed by atoms with van der Waals surface area (Å²) in [7, 11) is 3.20. The van der Waals surface area contributed by atoms with E-state index in [1.807, 2.05) is 42.5 Å². The number of hydrogen-bond acceptors (Lipinski definition) is 4. The Kier molecular flexibility index (Phi) is 4.98. The van der Waals surface area contributed by atoms with Gasteiger partial charge in [0.1, 0.15) is 0 Å². The van der Waals surface area contributed by atoms with Gasteiger partial charge in [-0.3, -0.25) is 0 Å². The normalized spacial score (nSPS) is 10.5. The van der Waals surface area contributed by atoms with Crippen molar-refractivity contribution in [3.63, 3.8) is 0 Å². The van der Waals surface area contributed by atoms with E-state index in [1.54, 1.807) is 14.2 Å². The third-order valence-electron chi connectivity index (χ3n) is 2.99. The molecule has 6 nitrogen and oxygen atoms in total. The lowest BCUT2D eigenvalue weighted by Crippen LogP contribution is -2.24. The molecule has 6 heteroatoms. The number of nitrogens with zero attached hydrogens (tertiary/aromatic N) is 1. The Labute approximate surface area is 128 Å². The SMILES string of the molecule is COc1ccc(-c2cccc(C=NNC(N)=O)c2)cc1OC. The minimum Gasteiger partial charge on any atom is -0.493 e. The third kappa shape index (κ3) is 3.76. The molecule has 2 aromatic carbocycles. The number of benzene rings is 2. The molecule has 22 heavy (non-hydrogen) atoms. The Hall–Kier alpha value is -3.02. The van der Waals surface area contributed by atoms with Crippen LogP contribution in [-0.2, 0) is 0 Å². The highest BCUT2D eigenvalue weighted by Gasteiger charge is 2.06. The van der Waals surface area contributed by atoms with Gasteiger partial charge >= 0.3 is 6.03 Å². The average Bonchev–Trinajstić information content (AvgIpc) is 2.54. The fourth-order valence-electron chi connectivity index (χ4n) is 1.98. The van der Waals surface area contributed by atoms with E-state index in [1.165, 1.54) is 6.21 Å². The number of primary amides is 1. The summed E-state index contributed by atoms with van der Waals surface area (Å²) < 4.78 is 10.5. The molecule has 0 spiro atoms. The summed E-state index contributed by atoms with van der Waals surface area (Å²) in [5.74, 6) is 1.34. The molecular weight excluding hydrogens is 282 g/mol. The Bertz CT molecular complexity index is 699. The number of methoxy groups -OCH3 is 2. The molecule has 0 unspecified atom stereocenters. The highest BCUT2D eigenvalue weighted by Crippen LogP contribution is 2.32. The monoisotopic (exact) mass is 299 g/mol. The zero-order valence-corrected chi connectivity index (χ0v) is 12.4. The number of carbonyl (C=O) groups is 1. The van der Waals surface area contributed by atoms with Crippen LogP contribution in [0.25, 0.3) is 11.1 Å². The van der Waals surface area contributed by atoms with Gasteiger partial charge in [0.2, 0.25) is 0 Å². The predicted octanol–water partition coefficient (Wildman–Crippen LogP) is 2.37. The summed E-state index contributed by atoms with van der Waals surface area (Å²) in [6, 6.07) is 12.7. The van der Waals surface area contributed by atoms with E-state index in [-0.39, 0.29) is 0 Å². The number of carbonyl (C=O) groups excluding carboxylic acids is 1. The van der Waals surface area contributed by atoms with Gasteiger partial charge in [0.05, 0.1) is 20.4 Å². The quantitative estimate of drug-likeness (QED) is 0.656. The first-order valence-electron chi connectivity index (χ1n) is 6.55. The maximum atomic E-state index is 10.6. The second-order valence-electron chi connectivity index (χ2n) is 4.43. The maximum absolute atomic E-state index is 10.6. The number of rotatable bonds is 5. The Morgan fingerprint density at radius 2 is 1.82 bits per heavy atom. The number of nitrogens with one attached hydrogen (secondary N) is 1. The highest BCUT2D eigenvalue weighted by molar-refractivity contribution is 5.84. The second-order valence-corrected chi connectivity index (χ2v) is 4.43. The molecule has 0 aliphatic carbocycles. The number of nitrogens with two attached hydrogens (primary N) is 1.